The standard InChI is InChI=1S/C12H9F2N/c1-8-6-12(14)15-7-11(8)9-2-4-10(13)5-3-9/h2-7H,1H3. The Bertz CT molecular complexity index is 477. The summed E-state index contributed by atoms with van der Waals surface area (Å²) in [5.41, 5.74) is 2.44. The number of hydrogen-bond acceptors (Lipinski definition) is 1. The van der Waals surface area contributed by atoms with Crippen LogP contribution in [0.15, 0.2) is 36.5 Å². The monoisotopic (exact) mass is 205 g/mol. The average molecular weight is 205 g/mol. The molecule has 0 saturated heterocycles. The molecule has 0 aliphatic carbocycles. The third-order valence-corrected chi connectivity index (χ3v) is 2.23. The van der Waals surface area contributed by atoms with Crippen molar-refractivity contribution in [2.45, 2.75) is 6.92 Å². The molecule has 15 heavy (non-hydrogen) atoms. The minimum atomic E-state index is -0.502. The van der Waals surface area contributed by atoms with Crippen molar-refractivity contribution in [3.63, 3.8) is 0 Å². The Labute approximate surface area is 86.4 Å². The third kappa shape index (κ3) is 2.01. The predicted octanol–water partition coefficient (Wildman–Crippen LogP) is 3.34. The first-order chi connectivity index (χ1) is 7.16. The summed E-state index contributed by atoms with van der Waals surface area (Å²) in [5, 5.41) is 0. The van der Waals surface area contributed by atoms with Crippen molar-refractivity contribution in [2.75, 3.05) is 0 Å². The van der Waals surface area contributed by atoms with Crippen LogP contribution in [0.25, 0.3) is 11.1 Å². The SMILES string of the molecule is Cc1cc(F)ncc1-c1ccc(F)cc1. The maximum Gasteiger partial charge on any atom is 0.213 e. The number of aromatic nitrogens is 1. The number of nitrogens with zero attached hydrogens (tertiary/aromatic N) is 1. The lowest BCUT2D eigenvalue weighted by Gasteiger charge is -2.04. The van der Waals surface area contributed by atoms with Crippen LogP contribution >= 0.6 is 0 Å². The fourth-order valence-corrected chi connectivity index (χ4v) is 1.45. The van der Waals surface area contributed by atoms with Gasteiger partial charge in [-0.05, 0) is 36.2 Å². The molecule has 0 aliphatic heterocycles. The van der Waals surface area contributed by atoms with Crippen molar-refractivity contribution in [1.82, 2.24) is 4.98 Å². The summed E-state index contributed by atoms with van der Waals surface area (Å²) in [6, 6.07) is 7.41. The quantitative estimate of drug-likeness (QED) is 0.650. The molecule has 0 amide bonds. The molecule has 0 N–H and O–H groups in total. The highest BCUT2D eigenvalue weighted by molar-refractivity contribution is 5.65. The van der Waals surface area contributed by atoms with Crippen LogP contribution in [0.4, 0.5) is 8.78 Å². The second-order valence-electron chi connectivity index (χ2n) is 3.33. The van der Waals surface area contributed by atoms with Crippen LogP contribution < -0.4 is 0 Å². The van der Waals surface area contributed by atoms with Crippen molar-refractivity contribution in [3.8, 4) is 11.1 Å². The largest absolute Gasteiger partial charge is 0.228 e. The molecule has 0 fully saturated rings. The first kappa shape index (κ1) is 9.77. The Balaban J connectivity index is 2.49. The molecule has 0 spiro atoms. The summed E-state index contributed by atoms with van der Waals surface area (Å²) in [6.07, 6.45) is 1.46. The topological polar surface area (TPSA) is 12.9 Å². The Hall–Kier alpha value is -1.77. The van der Waals surface area contributed by atoms with Crippen LogP contribution in [0, 0.1) is 18.7 Å². The number of aryl methyl sites for hydroxylation is 1. The minimum absolute atomic E-state index is 0.286. The molecule has 76 valence electrons. The van der Waals surface area contributed by atoms with E-state index >= 15 is 0 Å². The van der Waals surface area contributed by atoms with Gasteiger partial charge in [0.1, 0.15) is 5.82 Å². The molecule has 1 aromatic heterocycles. The number of hydrogen-bond donors (Lipinski definition) is 0. The predicted molar refractivity (Wildman–Crippen MR) is 54.3 cm³/mol. The molecule has 0 unspecified atom stereocenters. The third-order valence-electron chi connectivity index (χ3n) is 2.23. The van der Waals surface area contributed by atoms with Gasteiger partial charge in [0.15, 0.2) is 0 Å². The Kier molecular flexibility index (Phi) is 2.46. The molecule has 1 nitrogen and oxygen atoms in total. The zero-order chi connectivity index (χ0) is 10.8. The van der Waals surface area contributed by atoms with E-state index in [4.69, 9.17) is 0 Å². The number of pyridine rings is 1. The van der Waals surface area contributed by atoms with Gasteiger partial charge in [-0.25, -0.2) is 9.37 Å². The molecule has 0 aliphatic rings. The zero-order valence-electron chi connectivity index (χ0n) is 8.17. The van der Waals surface area contributed by atoms with Gasteiger partial charge in [-0.3, -0.25) is 0 Å². The molecule has 0 atom stereocenters. The van der Waals surface area contributed by atoms with E-state index in [2.05, 4.69) is 4.98 Å². The van der Waals surface area contributed by atoms with Gasteiger partial charge in [0.2, 0.25) is 5.95 Å². The first-order valence-electron chi connectivity index (χ1n) is 4.55. The van der Waals surface area contributed by atoms with E-state index in [9.17, 15) is 8.78 Å². The molecular weight excluding hydrogens is 196 g/mol. The molecule has 0 bridgehead atoms. The van der Waals surface area contributed by atoms with Crippen LogP contribution in [0.3, 0.4) is 0 Å². The summed E-state index contributed by atoms with van der Waals surface area (Å²) >= 11 is 0. The van der Waals surface area contributed by atoms with Gasteiger partial charge in [0, 0.05) is 11.8 Å². The second kappa shape index (κ2) is 3.77. The van der Waals surface area contributed by atoms with Gasteiger partial charge < -0.3 is 0 Å². The lowest BCUT2D eigenvalue weighted by molar-refractivity contribution is 0.583. The minimum Gasteiger partial charge on any atom is -0.228 e. The molecule has 2 rings (SSSR count). The summed E-state index contributed by atoms with van der Waals surface area (Å²) in [6.45, 7) is 1.80. The van der Waals surface area contributed by atoms with Gasteiger partial charge in [-0.1, -0.05) is 12.1 Å². The van der Waals surface area contributed by atoms with Gasteiger partial charge in [-0.15, -0.1) is 0 Å². The highest BCUT2D eigenvalue weighted by Gasteiger charge is 2.03. The van der Waals surface area contributed by atoms with E-state index < -0.39 is 5.95 Å². The molecule has 1 aromatic carbocycles. The number of halogens is 2. The number of rotatable bonds is 1. The molecule has 2 aromatic rings. The van der Waals surface area contributed by atoms with Crippen molar-refractivity contribution < 1.29 is 8.78 Å². The Morgan fingerprint density at radius 1 is 1.07 bits per heavy atom. The lowest BCUT2D eigenvalue weighted by Crippen LogP contribution is -1.89. The van der Waals surface area contributed by atoms with Crippen LogP contribution in [-0.2, 0) is 0 Å². The first-order valence-corrected chi connectivity index (χ1v) is 4.55. The van der Waals surface area contributed by atoms with E-state index in [1.54, 1.807) is 19.1 Å². The van der Waals surface area contributed by atoms with E-state index in [0.29, 0.717) is 0 Å². The van der Waals surface area contributed by atoms with Gasteiger partial charge >= 0.3 is 0 Å². The molecule has 0 radical (unpaired) electrons. The fraction of sp³-hybridized carbons (Fsp3) is 0.0833. The molecule has 1 heterocycles. The fourth-order valence-electron chi connectivity index (χ4n) is 1.45. The maximum atomic E-state index is 12.8. The zero-order valence-corrected chi connectivity index (χ0v) is 8.17. The van der Waals surface area contributed by atoms with Crippen molar-refractivity contribution in [1.29, 1.82) is 0 Å². The van der Waals surface area contributed by atoms with Crippen molar-refractivity contribution in [3.05, 3.63) is 53.9 Å². The summed E-state index contributed by atoms with van der Waals surface area (Å²) < 4.78 is 25.4. The molecular formula is C12H9F2N. The van der Waals surface area contributed by atoms with Crippen LogP contribution in [0.2, 0.25) is 0 Å². The maximum absolute atomic E-state index is 12.8. The molecule has 0 saturated carbocycles. The smallest absolute Gasteiger partial charge is 0.213 e. The summed E-state index contributed by atoms with van der Waals surface area (Å²) in [7, 11) is 0. The van der Waals surface area contributed by atoms with Crippen molar-refractivity contribution >= 4 is 0 Å². The Morgan fingerprint density at radius 2 is 1.73 bits per heavy atom. The van der Waals surface area contributed by atoms with E-state index in [1.807, 2.05) is 0 Å². The summed E-state index contributed by atoms with van der Waals surface area (Å²) in [4.78, 5) is 3.58. The van der Waals surface area contributed by atoms with E-state index in [1.165, 1.54) is 24.4 Å². The van der Waals surface area contributed by atoms with Crippen LogP contribution in [0.1, 0.15) is 5.56 Å². The van der Waals surface area contributed by atoms with E-state index in [-0.39, 0.29) is 5.82 Å². The average Bonchev–Trinajstić information content (AvgIpc) is 2.20. The van der Waals surface area contributed by atoms with Crippen LogP contribution in [-0.4, -0.2) is 4.98 Å². The number of benzene rings is 1. The second-order valence-corrected chi connectivity index (χ2v) is 3.33. The summed E-state index contributed by atoms with van der Waals surface area (Å²) in [5.74, 6) is -0.787. The van der Waals surface area contributed by atoms with E-state index in [0.717, 1.165) is 16.7 Å². The highest BCUT2D eigenvalue weighted by atomic mass is 19.1. The van der Waals surface area contributed by atoms with Gasteiger partial charge in [0.05, 0.1) is 0 Å². The van der Waals surface area contributed by atoms with Gasteiger partial charge in [0.25, 0.3) is 0 Å². The van der Waals surface area contributed by atoms with Crippen LogP contribution in [0.5, 0.6) is 0 Å². The normalized spacial score (nSPS) is 10.3. The Morgan fingerprint density at radius 3 is 2.33 bits per heavy atom. The lowest BCUT2D eigenvalue weighted by atomic mass is 10.0. The molecule has 3 heteroatoms. The van der Waals surface area contributed by atoms with Crippen molar-refractivity contribution in [2.24, 2.45) is 0 Å². The highest BCUT2D eigenvalue weighted by Crippen LogP contribution is 2.22. The van der Waals surface area contributed by atoms with Gasteiger partial charge in [-0.2, -0.15) is 4.39 Å².